The predicted molar refractivity (Wildman–Crippen MR) is 164 cm³/mol. The summed E-state index contributed by atoms with van der Waals surface area (Å²) in [7, 11) is 3.44. The molecule has 1 aromatic heterocycles. The molecule has 0 saturated heterocycles. The number of aromatic nitrogens is 3. The van der Waals surface area contributed by atoms with Gasteiger partial charge in [0.15, 0.2) is 0 Å². The molecule has 2 aromatic carbocycles. The van der Waals surface area contributed by atoms with Crippen molar-refractivity contribution in [2.24, 2.45) is 0 Å². The molecule has 0 radical (unpaired) electrons. The maximum absolute atomic E-state index is 6.74. The maximum atomic E-state index is 6.74. The largest absolute Gasteiger partial charge is 0.490 e. The van der Waals surface area contributed by atoms with Crippen molar-refractivity contribution in [1.29, 1.82) is 0 Å². The lowest BCUT2D eigenvalue weighted by Gasteiger charge is -2.38. The molecule has 3 atom stereocenters. The average Bonchev–Trinajstić information content (AvgIpc) is 3.56. The number of hydrogen-bond donors (Lipinski definition) is 0. The standard InChI is InChI=1S/C33H46N4O6/c1-38-16-4-13-36-14-17-41-30-12-9-27(21-29(30)36)23-43-32-6-3-5-31(42-18-15-37-25-34-24-35-37)33(32)28-10-7-26(8-11-28)22-40-20-19-39-2/h7-12,21,24-25,31-33H,3-6,13-20,22-23H2,1-2H3/t31-,32+,33+/m1/s1. The van der Waals surface area contributed by atoms with E-state index in [9.17, 15) is 0 Å². The maximum Gasteiger partial charge on any atom is 0.142 e. The van der Waals surface area contributed by atoms with Gasteiger partial charge in [-0.3, -0.25) is 4.68 Å². The minimum Gasteiger partial charge on any atom is -0.490 e. The Morgan fingerprint density at radius 3 is 2.47 bits per heavy atom. The molecule has 0 bridgehead atoms. The fourth-order valence-corrected chi connectivity index (χ4v) is 5.98. The van der Waals surface area contributed by atoms with Gasteiger partial charge in [0.2, 0.25) is 0 Å². The van der Waals surface area contributed by atoms with Crippen LogP contribution in [-0.4, -0.2) is 87.3 Å². The summed E-state index contributed by atoms with van der Waals surface area (Å²) in [6.07, 6.45) is 7.41. The summed E-state index contributed by atoms with van der Waals surface area (Å²) in [4.78, 5) is 6.44. The van der Waals surface area contributed by atoms with Crippen LogP contribution in [0.3, 0.4) is 0 Å². The summed E-state index contributed by atoms with van der Waals surface area (Å²) in [5.41, 5.74) is 4.67. The van der Waals surface area contributed by atoms with Crippen LogP contribution < -0.4 is 9.64 Å². The zero-order chi connectivity index (χ0) is 29.7. The van der Waals surface area contributed by atoms with Gasteiger partial charge in [0, 0.05) is 33.3 Å². The smallest absolute Gasteiger partial charge is 0.142 e. The van der Waals surface area contributed by atoms with E-state index in [1.807, 2.05) is 4.68 Å². The first-order valence-electron chi connectivity index (χ1n) is 15.5. The van der Waals surface area contributed by atoms with Gasteiger partial charge in [0.05, 0.1) is 64.0 Å². The Bertz CT molecular complexity index is 1210. The molecule has 1 aliphatic heterocycles. The Hall–Kier alpha value is -3.02. The lowest BCUT2D eigenvalue weighted by Crippen LogP contribution is -2.38. The molecule has 43 heavy (non-hydrogen) atoms. The summed E-state index contributed by atoms with van der Waals surface area (Å²) in [5.74, 6) is 1.06. The molecule has 10 nitrogen and oxygen atoms in total. The second-order valence-corrected chi connectivity index (χ2v) is 11.1. The second-order valence-electron chi connectivity index (χ2n) is 11.1. The highest BCUT2D eigenvalue weighted by molar-refractivity contribution is 5.61. The quantitative estimate of drug-likeness (QED) is 0.208. The lowest BCUT2D eigenvalue weighted by atomic mass is 9.79. The molecule has 0 N–H and O–H groups in total. The van der Waals surface area contributed by atoms with E-state index in [0.29, 0.717) is 46.2 Å². The summed E-state index contributed by atoms with van der Waals surface area (Å²) >= 11 is 0. The van der Waals surface area contributed by atoms with Crippen molar-refractivity contribution in [3.63, 3.8) is 0 Å². The number of nitrogens with zero attached hydrogens (tertiary/aromatic N) is 4. The second kappa shape index (κ2) is 16.7. The van der Waals surface area contributed by atoms with Crippen LogP contribution in [0.4, 0.5) is 5.69 Å². The summed E-state index contributed by atoms with van der Waals surface area (Å²) < 4.78 is 37.1. The number of ether oxygens (including phenoxy) is 6. The summed E-state index contributed by atoms with van der Waals surface area (Å²) in [6, 6.07) is 15.2. The number of anilines is 1. The third-order valence-electron chi connectivity index (χ3n) is 8.19. The van der Waals surface area contributed by atoms with Gasteiger partial charge in [-0.1, -0.05) is 30.3 Å². The van der Waals surface area contributed by atoms with Crippen molar-refractivity contribution in [3.05, 3.63) is 71.8 Å². The Morgan fingerprint density at radius 1 is 0.860 bits per heavy atom. The van der Waals surface area contributed by atoms with Gasteiger partial charge in [-0.15, -0.1) is 0 Å². The number of hydrogen-bond acceptors (Lipinski definition) is 9. The van der Waals surface area contributed by atoms with Crippen LogP contribution in [0.2, 0.25) is 0 Å². The Kier molecular flexibility index (Phi) is 12.2. The Labute approximate surface area is 255 Å². The minimum absolute atomic E-state index is 0.0408. The highest BCUT2D eigenvalue weighted by Gasteiger charge is 2.36. The fraction of sp³-hybridized carbons (Fsp3) is 0.576. The molecule has 2 aliphatic rings. The van der Waals surface area contributed by atoms with E-state index in [2.05, 4.69) is 57.4 Å². The molecule has 1 aliphatic carbocycles. The molecule has 0 amide bonds. The van der Waals surface area contributed by atoms with E-state index in [1.165, 1.54) is 5.56 Å². The van der Waals surface area contributed by atoms with Gasteiger partial charge in [-0.05, 0) is 54.5 Å². The molecular formula is C33H46N4O6. The van der Waals surface area contributed by atoms with E-state index >= 15 is 0 Å². The summed E-state index contributed by atoms with van der Waals surface area (Å²) in [6.45, 7) is 6.81. The molecule has 3 aromatic rings. The van der Waals surface area contributed by atoms with Gasteiger partial charge in [-0.25, -0.2) is 4.98 Å². The van der Waals surface area contributed by atoms with Gasteiger partial charge in [-0.2, -0.15) is 5.10 Å². The topological polar surface area (TPSA) is 89.3 Å². The van der Waals surface area contributed by atoms with Crippen molar-refractivity contribution in [2.75, 3.05) is 65.2 Å². The molecule has 10 heteroatoms. The van der Waals surface area contributed by atoms with Crippen molar-refractivity contribution >= 4 is 5.69 Å². The van der Waals surface area contributed by atoms with Gasteiger partial charge < -0.3 is 33.3 Å². The van der Waals surface area contributed by atoms with E-state index < -0.39 is 0 Å². The zero-order valence-corrected chi connectivity index (χ0v) is 25.6. The van der Waals surface area contributed by atoms with Crippen molar-refractivity contribution in [3.8, 4) is 5.75 Å². The molecule has 0 unspecified atom stereocenters. The number of fused-ring (bicyclic) bond motifs is 1. The van der Waals surface area contributed by atoms with E-state index in [1.54, 1.807) is 26.9 Å². The minimum atomic E-state index is 0.0408. The molecule has 234 valence electrons. The molecule has 0 spiro atoms. The van der Waals surface area contributed by atoms with E-state index in [0.717, 1.165) is 67.9 Å². The lowest BCUT2D eigenvalue weighted by molar-refractivity contribution is -0.0708. The van der Waals surface area contributed by atoms with Crippen LogP contribution in [0.25, 0.3) is 0 Å². The third kappa shape index (κ3) is 9.00. The highest BCUT2D eigenvalue weighted by Crippen LogP contribution is 2.39. The van der Waals surface area contributed by atoms with Crippen LogP contribution >= 0.6 is 0 Å². The van der Waals surface area contributed by atoms with Crippen LogP contribution in [0.5, 0.6) is 5.75 Å². The molecule has 1 fully saturated rings. The van der Waals surface area contributed by atoms with E-state index in [4.69, 9.17) is 28.4 Å². The van der Waals surface area contributed by atoms with Gasteiger partial charge in [0.25, 0.3) is 0 Å². The molecule has 2 heterocycles. The van der Waals surface area contributed by atoms with Crippen LogP contribution in [0, 0.1) is 0 Å². The SMILES string of the molecule is COCCCN1CCOc2ccc(CO[C@H]3CCC[C@@H](OCCn4cncn4)[C@@H]3c3ccc(COCCOC)cc3)cc21. The number of rotatable bonds is 17. The molecular weight excluding hydrogens is 548 g/mol. The third-order valence-corrected chi connectivity index (χ3v) is 8.19. The van der Waals surface area contributed by atoms with Crippen LogP contribution in [0.1, 0.15) is 48.3 Å². The summed E-state index contributed by atoms with van der Waals surface area (Å²) in [5, 5.41) is 4.22. The Balaban J connectivity index is 1.27. The van der Waals surface area contributed by atoms with E-state index in [-0.39, 0.29) is 18.1 Å². The molecule has 5 rings (SSSR count). The van der Waals surface area contributed by atoms with Crippen molar-refractivity contribution in [1.82, 2.24) is 14.8 Å². The van der Waals surface area contributed by atoms with Gasteiger partial charge in [0.1, 0.15) is 25.0 Å². The zero-order valence-electron chi connectivity index (χ0n) is 25.6. The monoisotopic (exact) mass is 594 g/mol. The first-order valence-corrected chi connectivity index (χ1v) is 15.5. The first-order chi connectivity index (χ1) is 21.2. The van der Waals surface area contributed by atoms with Crippen LogP contribution in [0.15, 0.2) is 55.1 Å². The predicted octanol–water partition coefficient (Wildman–Crippen LogP) is 4.61. The highest BCUT2D eigenvalue weighted by atomic mass is 16.5. The number of benzene rings is 2. The van der Waals surface area contributed by atoms with Crippen molar-refractivity contribution < 1.29 is 28.4 Å². The first kappa shape index (κ1) is 31.4. The van der Waals surface area contributed by atoms with Crippen LogP contribution in [-0.2, 0) is 43.4 Å². The van der Waals surface area contributed by atoms with Crippen molar-refractivity contribution in [2.45, 2.75) is 63.6 Å². The Morgan fingerprint density at radius 2 is 1.67 bits per heavy atom. The fourth-order valence-electron chi connectivity index (χ4n) is 5.98. The average molecular weight is 595 g/mol. The molecule has 1 saturated carbocycles. The number of methoxy groups -OCH3 is 2. The van der Waals surface area contributed by atoms with Gasteiger partial charge >= 0.3 is 0 Å². The normalized spacial score (nSPS) is 20.1.